The third-order valence-corrected chi connectivity index (χ3v) is 3.97. The maximum absolute atomic E-state index is 5.70. The average Bonchev–Trinajstić information content (AvgIpc) is 3.28. The lowest BCUT2D eigenvalue weighted by atomic mass is 10.3. The fraction of sp³-hybridized carbons (Fsp3) is 0.286. The predicted molar refractivity (Wildman–Crippen MR) is 111 cm³/mol. The van der Waals surface area contributed by atoms with Crippen LogP contribution in [-0.4, -0.2) is 40.2 Å². The van der Waals surface area contributed by atoms with Crippen molar-refractivity contribution < 1.29 is 4.74 Å². The van der Waals surface area contributed by atoms with Gasteiger partial charge in [-0.2, -0.15) is 0 Å². The fourth-order valence-electron chi connectivity index (χ4n) is 2.56. The molecule has 28 heavy (non-hydrogen) atoms. The van der Waals surface area contributed by atoms with Crippen LogP contribution in [0.15, 0.2) is 72.4 Å². The number of hydrogen-bond acceptors (Lipinski definition) is 4. The molecule has 7 heteroatoms. The molecule has 0 saturated carbocycles. The third kappa shape index (κ3) is 6.12. The second-order valence-electron chi connectivity index (χ2n) is 6.13. The maximum Gasteiger partial charge on any atom is 0.191 e. The van der Waals surface area contributed by atoms with Gasteiger partial charge in [-0.25, -0.2) is 15.0 Å². The minimum absolute atomic E-state index is 0.563. The number of aromatic nitrogens is 3. The fourth-order valence-corrected chi connectivity index (χ4v) is 2.56. The zero-order valence-electron chi connectivity index (χ0n) is 16.1. The molecule has 1 aromatic carbocycles. The van der Waals surface area contributed by atoms with E-state index in [1.54, 1.807) is 12.5 Å². The Morgan fingerprint density at radius 1 is 1.14 bits per heavy atom. The van der Waals surface area contributed by atoms with E-state index in [1.807, 2.05) is 59.4 Å². The van der Waals surface area contributed by atoms with Crippen LogP contribution in [0.5, 0.6) is 5.75 Å². The minimum Gasteiger partial charge on any atom is -0.494 e. The molecule has 2 aromatic heterocycles. The number of aliphatic imine (C=N–C) groups is 1. The Labute approximate surface area is 165 Å². The lowest BCUT2D eigenvalue weighted by Gasteiger charge is -2.12. The van der Waals surface area contributed by atoms with Gasteiger partial charge in [-0.1, -0.05) is 24.3 Å². The normalized spacial score (nSPS) is 11.2. The molecule has 3 rings (SSSR count). The first-order valence-corrected chi connectivity index (χ1v) is 9.48. The van der Waals surface area contributed by atoms with Crippen molar-refractivity contribution in [3.05, 3.63) is 72.9 Å². The Hall–Kier alpha value is -3.35. The smallest absolute Gasteiger partial charge is 0.191 e. The van der Waals surface area contributed by atoms with E-state index < -0.39 is 0 Å². The number of rotatable bonds is 9. The van der Waals surface area contributed by atoms with Gasteiger partial charge in [0.15, 0.2) is 5.96 Å². The second-order valence-corrected chi connectivity index (χ2v) is 6.13. The molecule has 0 aliphatic heterocycles. The summed E-state index contributed by atoms with van der Waals surface area (Å²) in [4.78, 5) is 13.1. The molecule has 0 radical (unpaired) electrons. The number of hydrogen-bond donors (Lipinski definition) is 2. The van der Waals surface area contributed by atoms with Crippen LogP contribution >= 0.6 is 0 Å². The summed E-state index contributed by atoms with van der Waals surface area (Å²) < 4.78 is 7.58. The van der Waals surface area contributed by atoms with Crippen molar-refractivity contribution in [3.63, 3.8) is 0 Å². The zero-order chi connectivity index (χ0) is 19.4. The number of para-hydroxylation sites is 1. The summed E-state index contributed by atoms with van der Waals surface area (Å²) in [5, 5.41) is 6.60. The van der Waals surface area contributed by atoms with Crippen molar-refractivity contribution >= 4 is 5.96 Å². The first kappa shape index (κ1) is 19.4. The quantitative estimate of drug-likeness (QED) is 0.340. The summed E-state index contributed by atoms with van der Waals surface area (Å²) in [5.41, 5.74) is 1.05. The number of pyridine rings is 1. The van der Waals surface area contributed by atoms with Crippen molar-refractivity contribution in [2.24, 2.45) is 4.99 Å². The van der Waals surface area contributed by atoms with E-state index in [-0.39, 0.29) is 0 Å². The van der Waals surface area contributed by atoms with E-state index in [0.717, 1.165) is 42.6 Å². The van der Waals surface area contributed by atoms with Crippen LogP contribution in [0.4, 0.5) is 0 Å². The molecule has 0 fully saturated rings. The van der Waals surface area contributed by atoms with Crippen LogP contribution in [0.25, 0.3) is 5.82 Å². The van der Waals surface area contributed by atoms with E-state index in [9.17, 15) is 0 Å². The monoisotopic (exact) mass is 378 g/mol. The highest BCUT2D eigenvalue weighted by Gasteiger charge is 2.00. The number of imidazole rings is 1. The van der Waals surface area contributed by atoms with E-state index in [1.165, 1.54) is 0 Å². The largest absolute Gasteiger partial charge is 0.494 e. The van der Waals surface area contributed by atoms with Crippen molar-refractivity contribution in [3.8, 4) is 11.6 Å². The molecular weight excluding hydrogens is 352 g/mol. The van der Waals surface area contributed by atoms with E-state index in [2.05, 4.69) is 32.5 Å². The first-order chi connectivity index (χ1) is 13.8. The maximum atomic E-state index is 5.70. The Morgan fingerprint density at radius 2 is 2.04 bits per heavy atom. The average molecular weight is 378 g/mol. The van der Waals surface area contributed by atoms with Crippen LogP contribution < -0.4 is 15.4 Å². The van der Waals surface area contributed by atoms with Crippen molar-refractivity contribution in [1.29, 1.82) is 0 Å². The summed E-state index contributed by atoms with van der Waals surface area (Å²) in [7, 11) is 0. The van der Waals surface area contributed by atoms with Crippen LogP contribution in [0.3, 0.4) is 0 Å². The first-order valence-electron chi connectivity index (χ1n) is 9.48. The number of nitrogens with zero attached hydrogens (tertiary/aromatic N) is 4. The summed E-state index contributed by atoms with van der Waals surface area (Å²) in [6.07, 6.45) is 8.07. The molecule has 0 bridgehead atoms. The molecule has 0 unspecified atom stereocenters. The summed E-state index contributed by atoms with van der Waals surface area (Å²) in [6, 6.07) is 13.8. The van der Waals surface area contributed by atoms with Gasteiger partial charge in [0.05, 0.1) is 13.2 Å². The van der Waals surface area contributed by atoms with Gasteiger partial charge in [0.25, 0.3) is 0 Å². The van der Waals surface area contributed by atoms with E-state index >= 15 is 0 Å². The molecule has 7 nitrogen and oxygen atoms in total. The standard InChI is InChI=1S/C21H26N6O/c1-2-23-21(24-11-6-14-28-19-7-4-3-5-8-19)26-16-18-9-10-20(25-15-18)27-13-12-22-17-27/h3-5,7-10,12-13,15,17H,2,6,11,14,16H2,1H3,(H2,23,24,26). The van der Waals surface area contributed by atoms with Gasteiger partial charge in [-0.05, 0) is 37.1 Å². The summed E-state index contributed by atoms with van der Waals surface area (Å²) >= 11 is 0. The van der Waals surface area contributed by atoms with Gasteiger partial charge in [0.2, 0.25) is 0 Å². The third-order valence-electron chi connectivity index (χ3n) is 3.97. The number of guanidine groups is 1. The minimum atomic E-state index is 0.563. The molecule has 2 heterocycles. The van der Waals surface area contributed by atoms with Crippen LogP contribution in [0, 0.1) is 0 Å². The lowest BCUT2D eigenvalue weighted by molar-refractivity contribution is 0.311. The molecule has 146 valence electrons. The zero-order valence-corrected chi connectivity index (χ0v) is 16.1. The van der Waals surface area contributed by atoms with E-state index in [4.69, 9.17) is 4.74 Å². The van der Waals surface area contributed by atoms with Crippen LogP contribution in [0.2, 0.25) is 0 Å². The van der Waals surface area contributed by atoms with Gasteiger partial charge < -0.3 is 15.4 Å². The van der Waals surface area contributed by atoms with Crippen molar-refractivity contribution in [2.75, 3.05) is 19.7 Å². The Morgan fingerprint density at radius 3 is 2.75 bits per heavy atom. The Balaban J connectivity index is 1.44. The van der Waals surface area contributed by atoms with E-state index in [0.29, 0.717) is 13.2 Å². The van der Waals surface area contributed by atoms with Gasteiger partial charge in [0, 0.05) is 31.7 Å². The Kier molecular flexibility index (Phi) is 7.43. The molecule has 0 aliphatic carbocycles. The Bertz CT molecular complexity index is 831. The molecule has 0 saturated heterocycles. The highest BCUT2D eigenvalue weighted by atomic mass is 16.5. The highest BCUT2D eigenvalue weighted by Crippen LogP contribution is 2.08. The lowest BCUT2D eigenvalue weighted by Crippen LogP contribution is -2.38. The summed E-state index contributed by atoms with van der Waals surface area (Å²) in [6.45, 7) is 4.88. The molecule has 3 aromatic rings. The number of ether oxygens (including phenoxy) is 1. The molecular formula is C21H26N6O. The van der Waals surface area contributed by atoms with Gasteiger partial charge in [0.1, 0.15) is 17.9 Å². The predicted octanol–water partition coefficient (Wildman–Crippen LogP) is 2.79. The van der Waals surface area contributed by atoms with Crippen LogP contribution in [0.1, 0.15) is 18.9 Å². The van der Waals surface area contributed by atoms with Gasteiger partial charge in [-0.15, -0.1) is 0 Å². The van der Waals surface area contributed by atoms with Crippen LogP contribution in [-0.2, 0) is 6.54 Å². The molecule has 0 aliphatic rings. The highest BCUT2D eigenvalue weighted by molar-refractivity contribution is 5.79. The van der Waals surface area contributed by atoms with Crippen molar-refractivity contribution in [1.82, 2.24) is 25.2 Å². The van der Waals surface area contributed by atoms with Gasteiger partial charge in [-0.3, -0.25) is 4.57 Å². The van der Waals surface area contributed by atoms with Crippen molar-refractivity contribution in [2.45, 2.75) is 19.9 Å². The topological polar surface area (TPSA) is 76.4 Å². The molecule has 2 N–H and O–H groups in total. The second kappa shape index (κ2) is 10.7. The molecule has 0 atom stereocenters. The number of benzene rings is 1. The van der Waals surface area contributed by atoms with Gasteiger partial charge >= 0.3 is 0 Å². The SMILES string of the molecule is CCNC(=NCc1ccc(-n2ccnc2)nc1)NCCCOc1ccccc1. The molecule has 0 amide bonds. The molecule has 0 spiro atoms. The summed E-state index contributed by atoms with van der Waals surface area (Å²) in [5.74, 6) is 2.53. The number of nitrogens with one attached hydrogen (secondary N) is 2.